The van der Waals surface area contributed by atoms with Crippen LogP contribution >= 0.6 is 11.6 Å². The first-order valence-electron chi connectivity index (χ1n) is 6.06. The van der Waals surface area contributed by atoms with Gasteiger partial charge < -0.3 is 10.4 Å². The topological polar surface area (TPSA) is 62.2 Å². The van der Waals surface area contributed by atoms with Gasteiger partial charge in [-0.3, -0.25) is 0 Å². The van der Waals surface area contributed by atoms with E-state index in [0.29, 0.717) is 17.7 Å². The molecule has 0 unspecified atom stereocenters. The molecule has 0 fully saturated rings. The number of nitrogens with zero attached hydrogens (tertiary/aromatic N) is 1. The fourth-order valence-corrected chi connectivity index (χ4v) is 2.00. The summed E-state index contributed by atoms with van der Waals surface area (Å²) >= 11 is 5.75. The van der Waals surface area contributed by atoms with E-state index in [-0.39, 0.29) is 22.2 Å². The molecular formula is C15H12ClFN2O2. The van der Waals surface area contributed by atoms with Crippen molar-refractivity contribution in [3.63, 3.8) is 0 Å². The fourth-order valence-electron chi connectivity index (χ4n) is 1.84. The zero-order valence-corrected chi connectivity index (χ0v) is 11.7. The van der Waals surface area contributed by atoms with Gasteiger partial charge in [0.1, 0.15) is 17.2 Å². The highest BCUT2D eigenvalue weighted by Gasteiger charge is 2.14. The van der Waals surface area contributed by atoms with Crippen molar-refractivity contribution < 1.29 is 14.3 Å². The highest BCUT2D eigenvalue weighted by molar-refractivity contribution is 6.30. The van der Waals surface area contributed by atoms with Gasteiger partial charge in [-0.05, 0) is 36.2 Å². The monoisotopic (exact) mass is 306 g/mol. The third-order valence-electron chi connectivity index (χ3n) is 2.77. The summed E-state index contributed by atoms with van der Waals surface area (Å²) in [6, 6.07) is 5.47. The molecule has 0 amide bonds. The molecule has 0 bridgehead atoms. The van der Waals surface area contributed by atoms with E-state index in [2.05, 4.69) is 16.9 Å². The molecule has 21 heavy (non-hydrogen) atoms. The number of carboxylic acid groups (broad SMARTS) is 1. The Morgan fingerprint density at radius 1 is 1.48 bits per heavy atom. The number of hydrogen-bond acceptors (Lipinski definition) is 3. The second-order valence-corrected chi connectivity index (χ2v) is 4.71. The number of halogens is 2. The van der Waals surface area contributed by atoms with Crippen molar-refractivity contribution in [3.8, 4) is 0 Å². The Morgan fingerprint density at radius 2 is 2.24 bits per heavy atom. The maximum absolute atomic E-state index is 13.3. The second kappa shape index (κ2) is 6.37. The normalized spacial score (nSPS) is 10.2. The maximum Gasteiger partial charge on any atom is 0.339 e. The molecule has 1 aromatic carbocycles. The van der Waals surface area contributed by atoms with E-state index >= 15 is 0 Å². The zero-order valence-electron chi connectivity index (χ0n) is 10.9. The second-order valence-electron chi connectivity index (χ2n) is 4.27. The molecule has 0 spiro atoms. The Morgan fingerprint density at radius 3 is 2.90 bits per heavy atom. The number of benzene rings is 1. The summed E-state index contributed by atoms with van der Waals surface area (Å²) in [7, 11) is 0. The van der Waals surface area contributed by atoms with Gasteiger partial charge in [-0.2, -0.15) is 0 Å². The van der Waals surface area contributed by atoms with Crippen LogP contribution in [0.1, 0.15) is 15.9 Å². The number of carbonyl (C=O) groups is 1. The Kier molecular flexibility index (Phi) is 4.55. The molecule has 1 aromatic heterocycles. The number of aromatic carboxylic acids is 1. The molecule has 0 saturated heterocycles. The van der Waals surface area contributed by atoms with Gasteiger partial charge in [0.2, 0.25) is 0 Å². The van der Waals surface area contributed by atoms with Crippen LogP contribution in [-0.4, -0.2) is 16.1 Å². The largest absolute Gasteiger partial charge is 0.478 e. The van der Waals surface area contributed by atoms with Crippen molar-refractivity contribution >= 4 is 29.1 Å². The lowest BCUT2D eigenvalue weighted by atomic mass is 10.1. The number of anilines is 2. The highest BCUT2D eigenvalue weighted by Crippen LogP contribution is 2.25. The van der Waals surface area contributed by atoms with E-state index in [1.807, 2.05) is 0 Å². The third-order valence-corrected chi connectivity index (χ3v) is 2.98. The van der Waals surface area contributed by atoms with Gasteiger partial charge in [0.25, 0.3) is 0 Å². The number of pyridine rings is 1. The van der Waals surface area contributed by atoms with Crippen molar-refractivity contribution in [2.45, 2.75) is 6.42 Å². The lowest BCUT2D eigenvalue weighted by Gasteiger charge is -2.12. The quantitative estimate of drug-likeness (QED) is 0.818. The average molecular weight is 307 g/mol. The van der Waals surface area contributed by atoms with Crippen LogP contribution < -0.4 is 5.32 Å². The summed E-state index contributed by atoms with van der Waals surface area (Å²) in [5, 5.41) is 12.3. The maximum atomic E-state index is 13.3. The van der Waals surface area contributed by atoms with E-state index in [4.69, 9.17) is 11.6 Å². The van der Waals surface area contributed by atoms with Crippen molar-refractivity contribution in [1.29, 1.82) is 0 Å². The Hall–Kier alpha value is -2.40. The van der Waals surface area contributed by atoms with Crippen molar-refractivity contribution in [1.82, 2.24) is 4.98 Å². The van der Waals surface area contributed by atoms with Crippen LogP contribution in [-0.2, 0) is 6.42 Å². The number of hydrogen-bond donors (Lipinski definition) is 2. The minimum Gasteiger partial charge on any atom is -0.478 e. The predicted octanol–water partition coefficient (Wildman–Crippen LogP) is 4.04. The molecule has 0 saturated carbocycles. The van der Waals surface area contributed by atoms with Crippen LogP contribution in [0.4, 0.5) is 15.9 Å². The molecule has 2 N–H and O–H groups in total. The summed E-state index contributed by atoms with van der Waals surface area (Å²) in [4.78, 5) is 15.2. The van der Waals surface area contributed by atoms with E-state index in [0.717, 1.165) is 0 Å². The van der Waals surface area contributed by atoms with Crippen molar-refractivity contribution in [2.75, 3.05) is 5.32 Å². The van der Waals surface area contributed by atoms with Crippen LogP contribution in [0.3, 0.4) is 0 Å². The fraction of sp³-hybridized carbons (Fsp3) is 0.0667. The van der Waals surface area contributed by atoms with Crippen LogP contribution in [0.2, 0.25) is 5.02 Å². The predicted molar refractivity (Wildman–Crippen MR) is 79.8 cm³/mol. The van der Waals surface area contributed by atoms with Gasteiger partial charge in [-0.25, -0.2) is 14.2 Å². The van der Waals surface area contributed by atoms with E-state index < -0.39 is 5.97 Å². The molecule has 0 atom stereocenters. The highest BCUT2D eigenvalue weighted by atomic mass is 35.5. The molecular weight excluding hydrogens is 295 g/mol. The molecule has 1 heterocycles. The van der Waals surface area contributed by atoms with Crippen molar-refractivity contribution in [2.24, 2.45) is 0 Å². The molecule has 0 aliphatic carbocycles. The smallest absolute Gasteiger partial charge is 0.339 e. The van der Waals surface area contributed by atoms with Gasteiger partial charge in [0, 0.05) is 11.9 Å². The van der Waals surface area contributed by atoms with E-state index in [1.165, 1.54) is 30.5 Å². The van der Waals surface area contributed by atoms with Crippen LogP contribution in [0.25, 0.3) is 0 Å². The number of rotatable bonds is 5. The van der Waals surface area contributed by atoms with E-state index in [9.17, 15) is 14.3 Å². The first-order valence-corrected chi connectivity index (χ1v) is 6.44. The Balaban J connectivity index is 2.43. The molecule has 4 nitrogen and oxygen atoms in total. The minimum atomic E-state index is -1.15. The van der Waals surface area contributed by atoms with E-state index in [1.54, 1.807) is 6.08 Å². The van der Waals surface area contributed by atoms with Gasteiger partial charge >= 0.3 is 5.97 Å². The van der Waals surface area contributed by atoms with Gasteiger partial charge in [-0.15, -0.1) is 6.58 Å². The number of carboxylic acids is 1. The SMILES string of the molecule is C=CCc1cc(F)ccc1Nc1ncc(Cl)cc1C(=O)O. The molecule has 108 valence electrons. The number of allylic oxidation sites excluding steroid dienone is 1. The summed E-state index contributed by atoms with van der Waals surface area (Å²) in [5.41, 5.74) is 1.16. The third kappa shape index (κ3) is 3.58. The van der Waals surface area contributed by atoms with Crippen LogP contribution in [0, 0.1) is 5.82 Å². The Labute approximate surface area is 125 Å². The minimum absolute atomic E-state index is 0.0589. The standard InChI is InChI=1S/C15H12ClFN2O2/c1-2-3-9-6-11(17)4-5-13(9)19-14-12(15(20)21)7-10(16)8-18-14/h2,4-8H,1,3H2,(H,18,19)(H,20,21). The summed E-state index contributed by atoms with van der Waals surface area (Å²) < 4.78 is 13.3. The molecule has 2 rings (SSSR count). The number of aromatic nitrogens is 1. The summed E-state index contributed by atoms with van der Waals surface area (Å²) in [5.74, 6) is -1.39. The zero-order chi connectivity index (χ0) is 15.4. The van der Waals surface area contributed by atoms with Gasteiger partial charge in [0.15, 0.2) is 0 Å². The van der Waals surface area contributed by atoms with Gasteiger partial charge in [-0.1, -0.05) is 17.7 Å². The van der Waals surface area contributed by atoms with Gasteiger partial charge in [0.05, 0.1) is 5.02 Å². The molecule has 0 aliphatic rings. The lowest BCUT2D eigenvalue weighted by molar-refractivity contribution is 0.0697. The first-order chi connectivity index (χ1) is 10.0. The van der Waals surface area contributed by atoms with Crippen LogP contribution in [0.15, 0.2) is 43.1 Å². The molecule has 0 radical (unpaired) electrons. The first kappa shape index (κ1) is 15.0. The summed E-state index contributed by atoms with van der Waals surface area (Å²) in [6.45, 7) is 3.61. The number of nitrogens with one attached hydrogen (secondary N) is 1. The average Bonchev–Trinajstić information content (AvgIpc) is 2.43. The van der Waals surface area contributed by atoms with Crippen molar-refractivity contribution in [3.05, 3.63) is 65.1 Å². The molecule has 2 aromatic rings. The van der Waals surface area contributed by atoms with Crippen LogP contribution in [0.5, 0.6) is 0 Å². The lowest BCUT2D eigenvalue weighted by Crippen LogP contribution is -2.06. The molecule has 0 aliphatic heterocycles. The summed E-state index contributed by atoms with van der Waals surface area (Å²) in [6.07, 6.45) is 3.41. The molecule has 6 heteroatoms. The Bertz CT molecular complexity index is 704.